The molecule has 0 amide bonds. The quantitative estimate of drug-likeness (QED) is 0.383. The van der Waals surface area contributed by atoms with Gasteiger partial charge < -0.3 is 9.64 Å². The summed E-state index contributed by atoms with van der Waals surface area (Å²) in [5.41, 5.74) is 5.41. The van der Waals surface area contributed by atoms with Crippen LogP contribution in [0.4, 0.5) is 5.82 Å². The van der Waals surface area contributed by atoms with Crippen LogP contribution in [0.1, 0.15) is 48.9 Å². The lowest BCUT2D eigenvalue weighted by molar-refractivity contribution is 0.0115. The van der Waals surface area contributed by atoms with Gasteiger partial charge in [-0.3, -0.25) is 14.7 Å². The lowest BCUT2D eigenvalue weighted by Crippen LogP contribution is -2.49. The van der Waals surface area contributed by atoms with Crippen molar-refractivity contribution >= 4 is 28.3 Å². The number of fused-ring (bicyclic) bond motifs is 1. The highest BCUT2D eigenvalue weighted by molar-refractivity contribution is 5.99. The Morgan fingerprint density at radius 1 is 0.947 bits per heavy atom. The smallest absolute Gasteiger partial charge is 0.162 e. The van der Waals surface area contributed by atoms with E-state index in [0.29, 0.717) is 18.0 Å². The second-order valence-electron chi connectivity index (χ2n) is 10.4. The summed E-state index contributed by atoms with van der Waals surface area (Å²) in [5.74, 6) is 1.09. The fraction of sp³-hybridized carbons (Fsp3) is 0.419. The summed E-state index contributed by atoms with van der Waals surface area (Å²) in [6.45, 7) is 5.65. The second kappa shape index (κ2) is 11.5. The molecule has 0 N–H and O–H groups in total. The Morgan fingerprint density at radius 2 is 1.76 bits per heavy atom. The molecule has 0 bridgehead atoms. The molecule has 2 fully saturated rings. The molecule has 7 heteroatoms. The van der Waals surface area contributed by atoms with Crippen molar-refractivity contribution in [3.8, 4) is 11.3 Å². The summed E-state index contributed by atoms with van der Waals surface area (Å²) in [5, 5.41) is 0. The first kappa shape index (κ1) is 24.9. The minimum absolute atomic E-state index is 0.149. The number of morpholine rings is 1. The predicted molar refractivity (Wildman–Crippen MR) is 152 cm³/mol. The first-order valence-corrected chi connectivity index (χ1v) is 13.9. The van der Waals surface area contributed by atoms with Crippen LogP contribution < -0.4 is 4.90 Å². The van der Waals surface area contributed by atoms with Crippen LogP contribution in [0.15, 0.2) is 65.8 Å². The van der Waals surface area contributed by atoms with Crippen molar-refractivity contribution in [2.45, 2.75) is 44.6 Å². The van der Waals surface area contributed by atoms with Crippen molar-refractivity contribution in [1.29, 1.82) is 0 Å². The van der Waals surface area contributed by atoms with Crippen LogP contribution in [0.2, 0.25) is 0 Å². The number of carbonyl (C=O) groups is 1. The fourth-order valence-corrected chi connectivity index (χ4v) is 5.78. The average molecular weight is 510 g/mol. The third kappa shape index (κ3) is 5.54. The van der Waals surface area contributed by atoms with E-state index in [1.165, 1.54) is 0 Å². The third-order valence-corrected chi connectivity index (χ3v) is 7.93. The number of nitrogens with zero attached hydrogens (tertiary/aromatic N) is 5. The predicted octanol–water partition coefficient (Wildman–Crippen LogP) is 5.31. The molecule has 3 aliphatic heterocycles. The van der Waals surface area contributed by atoms with Gasteiger partial charge in [0.2, 0.25) is 0 Å². The zero-order chi connectivity index (χ0) is 25.7. The van der Waals surface area contributed by atoms with E-state index in [-0.39, 0.29) is 5.78 Å². The maximum Gasteiger partial charge on any atom is 0.162 e. The SMILES string of the molecule is O=C(CCCC1=NC=CC1)c1ccc2nc(N3CCC(N4CCOCC4)CC3)c(-c3ccccc3)nc2c1. The summed E-state index contributed by atoms with van der Waals surface area (Å²) < 4.78 is 5.55. The fourth-order valence-electron chi connectivity index (χ4n) is 5.78. The Labute approximate surface area is 224 Å². The Bertz CT molecular complexity index is 1340. The van der Waals surface area contributed by atoms with E-state index in [2.05, 4.69) is 33.0 Å². The molecule has 196 valence electrons. The van der Waals surface area contributed by atoms with Gasteiger partial charge in [-0.15, -0.1) is 0 Å². The van der Waals surface area contributed by atoms with Gasteiger partial charge in [0.25, 0.3) is 0 Å². The molecule has 0 spiro atoms. The number of Topliss-reactive ketones (excluding diaryl/α,β-unsaturated/α-hetero) is 1. The zero-order valence-corrected chi connectivity index (χ0v) is 21.9. The Balaban J connectivity index is 1.23. The average Bonchev–Trinajstić information content (AvgIpc) is 3.51. The van der Waals surface area contributed by atoms with Gasteiger partial charge in [0.1, 0.15) is 5.69 Å². The Hall–Kier alpha value is -3.42. The van der Waals surface area contributed by atoms with Crippen LogP contribution in [0.3, 0.4) is 0 Å². The van der Waals surface area contributed by atoms with Crippen molar-refractivity contribution in [2.24, 2.45) is 4.99 Å². The van der Waals surface area contributed by atoms with E-state index in [9.17, 15) is 4.79 Å². The monoisotopic (exact) mass is 509 g/mol. The standard InChI is InChI=1S/C31H35N5O2/c37-29(10-4-8-25-9-5-15-32-25)24-11-12-27-28(22-24)33-30(23-6-2-1-3-7-23)31(34-27)36-16-13-26(14-17-36)35-18-20-38-21-19-35/h1-3,5-7,11-12,15,22,26H,4,8-10,13-14,16-21H2. The number of hydrogen-bond donors (Lipinski definition) is 0. The number of hydrogen-bond acceptors (Lipinski definition) is 7. The van der Waals surface area contributed by atoms with Crippen molar-refractivity contribution in [3.63, 3.8) is 0 Å². The summed E-state index contributed by atoms with van der Waals surface area (Å²) in [7, 11) is 0. The highest BCUT2D eigenvalue weighted by Gasteiger charge is 2.28. The molecule has 1 aromatic heterocycles. The van der Waals surface area contributed by atoms with Gasteiger partial charge in [-0.1, -0.05) is 36.4 Å². The van der Waals surface area contributed by atoms with Crippen LogP contribution in [0.25, 0.3) is 22.3 Å². The number of ketones is 1. The number of piperidine rings is 1. The van der Waals surface area contributed by atoms with E-state index in [4.69, 9.17) is 14.7 Å². The summed E-state index contributed by atoms with van der Waals surface area (Å²) in [4.78, 5) is 32.5. The normalized spacial score (nSPS) is 18.7. The number of aromatic nitrogens is 2. The van der Waals surface area contributed by atoms with Gasteiger partial charge in [-0.05, 0) is 43.9 Å². The number of allylic oxidation sites excluding steroid dienone is 1. The van der Waals surface area contributed by atoms with Crippen LogP contribution in [-0.2, 0) is 4.74 Å². The molecule has 0 aliphatic carbocycles. The number of carbonyl (C=O) groups excluding carboxylic acids is 1. The molecule has 0 unspecified atom stereocenters. The van der Waals surface area contributed by atoms with Gasteiger partial charge in [0.05, 0.1) is 24.2 Å². The van der Waals surface area contributed by atoms with Crippen LogP contribution in [0.5, 0.6) is 0 Å². The Kier molecular flexibility index (Phi) is 7.56. The first-order valence-electron chi connectivity index (χ1n) is 13.9. The van der Waals surface area contributed by atoms with Gasteiger partial charge in [0, 0.05) is 68.1 Å². The topological polar surface area (TPSA) is 70.9 Å². The van der Waals surface area contributed by atoms with Crippen molar-refractivity contribution in [2.75, 3.05) is 44.3 Å². The number of anilines is 1. The Morgan fingerprint density at radius 3 is 2.53 bits per heavy atom. The number of benzene rings is 2. The van der Waals surface area contributed by atoms with Gasteiger partial charge in [-0.2, -0.15) is 0 Å². The highest BCUT2D eigenvalue weighted by atomic mass is 16.5. The van der Waals surface area contributed by atoms with Crippen molar-refractivity contribution < 1.29 is 9.53 Å². The van der Waals surface area contributed by atoms with Crippen molar-refractivity contribution in [3.05, 3.63) is 66.4 Å². The maximum absolute atomic E-state index is 13.0. The summed E-state index contributed by atoms with van der Waals surface area (Å²) in [6.07, 6.45) is 9.25. The lowest BCUT2D eigenvalue weighted by atomic mass is 10.0. The first-order chi connectivity index (χ1) is 18.7. The van der Waals surface area contributed by atoms with E-state index in [1.54, 1.807) is 0 Å². The van der Waals surface area contributed by atoms with Gasteiger partial charge in [0.15, 0.2) is 11.6 Å². The van der Waals surface area contributed by atoms with Gasteiger partial charge >= 0.3 is 0 Å². The molecule has 0 saturated carbocycles. The van der Waals surface area contributed by atoms with Crippen LogP contribution in [-0.4, -0.2) is 71.8 Å². The highest BCUT2D eigenvalue weighted by Crippen LogP contribution is 2.32. The second-order valence-corrected chi connectivity index (χ2v) is 10.4. The minimum atomic E-state index is 0.149. The largest absolute Gasteiger partial charge is 0.379 e. The minimum Gasteiger partial charge on any atom is -0.379 e. The number of aliphatic imine (C=N–C) groups is 1. The lowest BCUT2D eigenvalue weighted by Gasteiger charge is -2.40. The molecular formula is C31H35N5O2. The molecule has 0 atom stereocenters. The number of ether oxygens (including phenoxy) is 1. The molecule has 3 aromatic rings. The molecule has 4 heterocycles. The summed E-state index contributed by atoms with van der Waals surface area (Å²) in [6, 6.07) is 16.7. The van der Waals surface area contributed by atoms with E-state index < -0.39 is 0 Å². The molecule has 0 radical (unpaired) electrons. The number of rotatable bonds is 8. The van der Waals surface area contributed by atoms with E-state index in [0.717, 1.165) is 105 Å². The molecule has 3 aliphatic rings. The molecule has 2 saturated heterocycles. The molecule has 2 aromatic carbocycles. The molecule has 7 nitrogen and oxygen atoms in total. The molecule has 6 rings (SSSR count). The maximum atomic E-state index is 13.0. The van der Waals surface area contributed by atoms with Crippen molar-refractivity contribution in [1.82, 2.24) is 14.9 Å². The molecule has 38 heavy (non-hydrogen) atoms. The molecular weight excluding hydrogens is 474 g/mol. The van der Waals surface area contributed by atoms with E-state index >= 15 is 0 Å². The van der Waals surface area contributed by atoms with E-state index in [1.807, 2.05) is 42.6 Å². The van der Waals surface area contributed by atoms with Gasteiger partial charge in [-0.25, -0.2) is 9.97 Å². The van der Waals surface area contributed by atoms with Crippen LogP contribution in [0, 0.1) is 0 Å². The zero-order valence-electron chi connectivity index (χ0n) is 21.9. The van der Waals surface area contributed by atoms with Crippen LogP contribution >= 0.6 is 0 Å². The summed E-state index contributed by atoms with van der Waals surface area (Å²) >= 11 is 0. The third-order valence-electron chi connectivity index (χ3n) is 7.93.